The van der Waals surface area contributed by atoms with Crippen molar-refractivity contribution in [1.82, 2.24) is 0 Å². The maximum absolute atomic E-state index is 8.68. The predicted octanol–water partition coefficient (Wildman–Crippen LogP) is 3.18. The first-order chi connectivity index (χ1) is 6.83. The molecule has 0 aliphatic carbocycles. The number of benzene rings is 1. The van der Waals surface area contributed by atoms with Crippen LogP contribution in [0.4, 0.5) is 0 Å². The Kier molecular flexibility index (Phi) is 6.51. The molecule has 1 aromatic rings. The highest BCUT2D eigenvalue weighted by molar-refractivity contribution is 14.1. The molecule has 0 unspecified atom stereocenters. The maximum atomic E-state index is 8.68. The molecule has 0 aliphatic heterocycles. The van der Waals surface area contributed by atoms with Gasteiger partial charge in [-0.05, 0) is 12.1 Å². The van der Waals surface area contributed by atoms with Crippen LogP contribution in [-0.2, 0) is 0 Å². The van der Waals surface area contributed by atoms with Crippen LogP contribution in [0.15, 0.2) is 18.2 Å². The monoisotopic (exact) mass is 300 g/mol. The van der Waals surface area contributed by atoms with E-state index in [4.69, 9.17) is 13.6 Å². The first-order valence-corrected chi connectivity index (χ1v) is 4.93. The molecule has 4 heteroatoms. The molecule has 0 fully saturated rings. The van der Waals surface area contributed by atoms with Crippen LogP contribution in [0.2, 0.25) is 0 Å². The Morgan fingerprint density at radius 3 is 2.29 bits per heavy atom. The Labute approximate surface area is 97.6 Å². The van der Waals surface area contributed by atoms with E-state index in [1.54, 1.807) is 41.2 Å². The number of halogens is 1. The van der Waals surface area contributed by atoms with Crippen LogP contribution in [0.1, 0.15) is 25.0 Å². The largest absolute Gasteiger partial charge is 0.426 e. The Bertz CT molecular complexity index is 377. The van der Waals surface area contributed by atoms with Gasteiger partial charge in [-0.3, -0.25) is 0 Å². The van der Waals surface area contributed by atoms with Gasteiger partial charge in [-0.15, -0.1) is 0 Å². The number of hydrogen-bond acceptors (Lipinski definition) is 3. The molecule has 1 aromatic carbocycles. The van der Waals surface area contributed by atoms with Crippen molar-refractivity contribution in [2.45, 2.75) is 13.8 Å². The minimum absolute atomic E-state index is 0.286. The molecule has 0 aromatic heterocycles. The molecule has 0 spiro atoms. The molecule has 0 radical (unpaired) electrons. The van der Waals surface area contributed by atoms with Crippen molar-refractivity contribution < 1.29 is 3.07 Å². The molecule has 1 rings (SSSR count). The molecule has 0 atom stereocenters. The highest BCUT2D eigenvalue weighted by Gasteiger charge is 2.07. The third-order valence-electron chi connectivity index (χ3n) is 1.34. The molecular weight excluding hydrogens is 291 g/mol. The molecule has 0 saturated heterocycles. The molecule has 14 heavy (non-hydrogen) atoms. The molecule has 0 aliphatic rings. The smallest absolute Gasteiger partial charge is 0.192 e. The van der Waals surface area contributed by atoms with Gasteiger partial charge in [0.25, 0.3) is 0 Å². The molecular formula is C10H9IN2O. The van der Waals surface area contributed by atoms with Crippen molar-refractivity contribution >= 4 is 23.0 Å². The van der Waals surface area contributed by atoms with Gasteiger partial charge in [-0.25, -0.2) is 0 Å². The Morgan fingerprint density at radius 2 is 1.86 bits per heavy atom. The standard InChI is InChI=1S/C8H3IN2O.C2H6/c9-12-8-3-1-2-6(4-10)7(8)5-11;1-2/h1-3H;1-2H3. The van der Waals surface area contributed by atoms with E-state index in [2.05, 4.69) is 0 Å². The van der Waals surface area contributed by atoms with Crippen molar-refractivity contribution in [2.75, 3.05) is 0 Å². The van der Waals surface area contributed by atoms with Crippen LogP contribution >= 0.6 is 23.0 Å². The van der Waals surface area contributed by atoms with Gasteiger partial charge >= 0.3 is 0 Å². The lowest BCUT2D eigenvalue weighted by molar-refractivity contribution is 0.713. The van der Waals surface area contributed by atoms with Crippen LogP contribution < -0.4 is 3.07 Å². The van der Waals surface area contributed by atoms with Crippen LogP contribution in [0.25, 0.3) is 0 Å². The number of nitriles is 2. The van der Waals surface area contributed by atoms with Crippen molar-refractivity contribution in [3.8, 4) is 17.9 Å². The molecule has 0 bridgehead atoms. The number of nitrogens with zero attached hydrogens (tertiary/aromatic N) is 2. The fraction of sp³-hybridized carbons (Fsp3) is 0.200. The summed E-state index contributed by atoms with van der Waals surface area (Å²) in [5.74, 6) is 0.428. The molecule has 0 N–H and O–H groups in total. The summed E-state index contributed by atoms with van der Waals surface area (Å²) in [5.41, 5.74) is 0.626. The number of hydrogen-bond donors (Lipinski definition) is 0. The van der Waals surface area contributed by atoms with Crippen molar-refractivity contribution in [1.29, 1.82) is 10.5 Å². The fourth-order valence-electron chi connectivity index (χ4n) is 0.804. The van der Waals surface area contributed by atoms with Crippen molar-refractivity contribution in [3.63, 3.8) is 0 Å². The lowest BCUT2D eigenvalue weighted by Gasteiger charge is -1.99. The van der Waals surface area contributed by atoms with Crippen molar-refractivity contribution in [3.05, 3.63) is 29.3 Å². The maximum Gasteiger partial charge on any atom is 0.192 e. The summed E-state index contributed by atoms with van der Waals surface area (Å²) in [6.45, 7) is 4.00. The number of rotatable bonds is 1. The summed E-state index contributed by atoms with van der Waals surface area (Å²) in [6.07, 6.45) is 0. The third kappa shape index (κ3) is 2.90. The average molecular weight is 300 g/mol. The van der Waals surface area contributed by atoms with Gasteiger partial charge in [-0.2, -0.15) is 10.5 Å². The fourth-order valence-corrected chi connectivity index (χ4v) is 1.17. The van der Waals surface area contributed by atoms with Crippen LogP contribution in [0.5, 0.6) is 5.75 Å². The Hall–Kier alpha value is -1.27. The average Bonchev–Trinajstić information content (AvgIpc) is 2.30. The summed E-state index contributed by atoms with van der Waals surface area (Å²) >= 11 is 1.67. The summed E-state index contributed by atoms with van der Waals surface area (Å²) in [5, 5.41) is 17.3. The molecule has 72 valence electrons. The van der Waals surface area contributed by atoms with Gasteiger partial charge in [0.2, 0.25) is 0 Å². The minimum atomic E-state index is 0.286. The van der Waals surface area contributed by atoms with E-state index in [0.29, 0.717) is 11.3 Å². The van der Waals surface area contributed by atoms with Crippen LogP contribution in [0, 0.1) is 22.7 Å². The zero-order valence-corrected chi connectivity index (χ0v) is 10.1. The van der Waals surface area contributed by atoms with Gasteiger partial charge in [0, 0.05) is 0 Å². The third-order valence-corrected chi connectivity index (χ3v) is 1.82. The molecule has 0 saturated carbocycles. The Balaban J connectivity index is 0.000000791. The van der Waals surface area contributed by atoms with E-state index in [1.165, 1.54) is 0 Å². The highest BCUT2D eigenvalue weighted by atomic mass is 127. The quantitative estimate of drug-likeness (QED) is 0.748. The zero-order chi connectivity index (χ0) is 11.0. The SMILES string of the molecule is CC.N#Cc1cccc(OI)c1C#N. The summed E-state index contributed by atoms with van der Waals surface area (Å²) in [6, 6.07) is 8.73. The highest BCUT2D eigenvalue weighted by Crippen LogP contribution is 2.22. The second kappa shape index (κ2) is 7.16. The molecule has 0 amide bonds. The van der Waals surface area contributed by atoms with Crippen LogP contribution in [-0.4, -0.2) is 0 Å². The van der Waals surface area contributed by atoms with Gasteiger partial charge in [-0.1, -0.05) is 19.9 Å². The first kappa shape index (κ1) is 12.7. The Morgan fingerprint density at radius 1 is 1.21 bits per heavy atom. The molecule has 0 heterocycles. The summed E-state index contributed by atoms with van der Waals surface area (Å²) in [7, 11) is 0. The van der Waals surface area contributed by atoms with Gasteiger partial charge in [0.05, 0.1) is 5.56 Å². The van der Waals surface area contributed by atoms with E-state index in [0.717, 1.165) is 0 Å². The van der Waals surface area contributed by atoms with E-state index < -0.39 is 0 Å². The summed E-state index contributed by atoms with van der Waals surface area (Å²) in [4.78, 5) is 0. The minimum Gasteiger partial charge on any atom is -0.426 e. The van der Waals surface area contributed by atoms with E-state index in [1.807, 2.05) is 26.0 Å². The van der Waals surface area contributed by atoms with Gasteiger partial charge < -0.3 is 3.07 Å². The first-order valence-electron chi connectivity index (χ1n) is 4.05. The van der Waals surface area contributed by atoms with Crippen LogP contribution in [0.3, 0.4) is 0 Å². The second-order valence-electron chi connectivity index (χ2n) is 1.98. The molecule has 3 nitrogen and oxygen atoms in total. The second-order valence-corrected chi connectivity index (χ2v) is 2.42. The van der Waals surface area contributed by atoms with E-state index in [-0.39, 0.29) is 5.56 Å². The summed E-state index contributed by atoms with van der Waals surface area (Å²) < 4.78 is 4.88. The predicted molar refractivity (Wildman–Crippen MR) is 61.9 cm³/mol. The van der Waals surface area contributed by atoms with E-state index in [9.17, 15) is 0 Å². The zero-order valence-electron chi connectivity index (χ0n) is 7.91. The lowest BCUT2D eigenvalue weighted by Crippen LogP contribution is -1.86. The normalized spacial score (nSPS) is 7.50. The van der Waals surface area contributed by atoms with Gasteiger partial charge in [0.15, 0.2) is 28.8 Å². The van der Waals surface area contributed by atoms with E-state index >= 15 is 0 Å². The van der Waals surface area contributed by atoms with Crippen molar-refractivity contribution in [2.24, 2.45) is 0 Å². The lowest BCUT2D eigenvalue weighted by atomic mass is 10.1. The topological polar surface area (TPSA) is 56.8 Å². The van der Waals surface area contributed by atoms with Gasteiger partial charge in [0.1, 0.15) is 17.7 Å².